The van der Waals surface area contributed by atoms with Crippen molar-refractivity contribution in [1.29, 1.82) is 0 Å². The standard InChI is InChI=1S/C11H23N3O/c1-14(2)8-4-7-13-11(15)10-5-3-6-12-9-10/h10,12H,3-9H2,1-2H3,(H,13,15)/t10-/m1/s1. The summed E-state index contributed by atoms with van der Waals surface area (Å²) in [7, 11) is 4.10. The van der Waals surface area contributed by atoms with Crippen LogP contribution in [0.4, 0.5) is 0 Å². The van der Waals surface area contributed by atoms with E-state index in [4.69, 9.17) is 0 Å². The van der Waals surface area contributed by atoms with E-state index >= 15 is 0 Å². The molecule has 0 spiro atoms. The van der Waals surface area contributed by atoms with Gasteiger partial charge in [-0.3, -0.25) is 4.79 Å². The zero-order valence-electron chi connectivity index (χ0n) is 9.88. The summed E-state index contributed by atoms with van der Waals surface area (Å²) >= 11 is 0. The summed E-state index contributed by atoms with van der Waals surface area (Å²) in [5, 5.41) is 6.26. The number of nitrogens with one attached hydrogen (secondary N) is 2. The van der Waals surface area contributed by atoms with Gasteiger partial charge in [0.25, 0.3) is 0 Å². The van der Waals surface area contributed by atoms with E-state index < -0.39 is 0 Å². The summed E-state index contributed by atoms with van der Waals surface area (Å²) in [6.45, 7) is 3.74. The van der Waals surface area contributed by atoms with E-state index in [9.17, 15) is 4.79 Å². The highest BCUT2D eigenvalue weighted by Crippen LogP contribution is 2.09. The van der Waals surface area contributed by atoms with Crippen molar-refractivity contribution in [2.75, 3.05) is 40.3 Å². The summed E-state index contributed by atoms with van der Waals surface area (Å²) in [5.74, 6) is 0.416. The molecule has 0 aromatic heterocycles. The van der Waals surface area contributed by atoms with Gasteiger partial charge in [-0.05, 0) is 46.4 Å². The van der Waals surface area contributed by atoms with Crippen LogP contribution in [0, 0.1) is 5.92 Å². The molecule has 1 rings (SSSR count). The largest absolute Gasteiger partial charge is 0.356 e. The fraction of sp³-hybridized carbons (Fsp3) is 0.909. The third-order valence-electron chi connectivity index (χ3n) is 2.75. The maximum absolute atomic E-state index is 11.7. The van der Waals surface area contributed by atoms with Crippen molar-refractivity contribution in [2.24, 2.45) is 5.92 Å². The van der Waals surface area contributed by atoms with Gasteiger partial charge in [0.2, 0.25) is 5.91 Å². The smallest absolute Gasteiger partial charge is 0.224 e. The molecule has 0 radical (unpaired) electrons. The van der Waals surface area contributed by atoms with E-state index in [1.165, 1.54) is 0 Å². The highest BCUT2D eigenvalue weighted by molar-refractivity contribution is 5.78. The van der Waals surface area contributed by atoms with Gasteiger partial charge in [0.15, 0.2) is 0 Å². The molecule has 1 fully saturated rings. The Balaban J connectivity index is 2.07. The lowest BCUT2D eigenvalue weighted by Crippen LogP contribution is -2.41. The quantitative estimate of drug-likeness (QED) is 0.635. The van der Waals surface area contributed by atoms with Gasteiger partial charge in [-0.1, -0.05) is 0 Å². The maximum Gasteiger partial charge on any atom is 0.224 e. The van der Waals surface area contributed by atoms with Gasteiger partial charge in [0, 0.05) is 13.1 Å². The molecule has 1 heterocycles. The Bertz CT molecular complexity index is 188. The minimum atomic E-state index is 0.193. The molecule has 88 valence electrons. The van der Waals surface area contributed by atoms with Crippen LogP contribution >= 0.6 is 0 Å². The Morgan fingerprint density at radius 1 is 1.53 bits per heavy atom. The number of nitrogens with zero attached hydrogens (tertiary/aromatic N) is 1. The van der Waals surface area contributed by atoms with E-state index in [1.54, 1.807) is 0 Å². The van der Waals surface area contributed by atoms with E-state index in [2.05, 4.69) is 15.5 Å². The first kappa shape index (κ1) is 12.5. The van der Waals surface area contributed by atoms with E-state index in [0.29, 0.717) is 0 Å². The van der Waals surface area contributed by atoms with Crippen molar-refractivity contribution in [3.8, 4) is 0 Å². The fourth-order valence-electron chi connectivity index (χ4n) is 1.83. The molecule has 0 aromatic rings. The molecular formula is C11H23N3O. The molecule has 4 nitrogen and oxygen atoms in total. The number of carbonyl (C=O) groups excluding carboxylic acids is 1. The summed E-state index contributed by atoms with van der Waals surface area (Å²) in [4.78, 5) is 13.8. The Morgan fingerprint density at radius 3 is 2.93 bits per heavy atom. The topological polar surface area (TPSA) is 44.4 Å². The van der Waals surface area contributed by atoms with Gasteiger partial charge >= 0.3 is 0 Å². The second-order valence-electron chi connectivity index (χ2n) is 4.49. The van der Waals surface area contributed by atoms with Gasteiger partial charge in [-0.2, -0.15) is 0 Å². The molecule has 0 unspecified atom stereocenters. The average Bonchev–Trinajstić information content (AvgIpc) is 2.25. The first-order valence-electron chi connectivity index (χ1n) is 5.83. The van der Waals surface area contributed by atoms with Crippen molar-refractivity contribution in [3.05, 3.63) is 0 Å². The second kappa shape index (κ2) is 6.80. The van der Waals surface area contributed by atoms with Crippen molar-refractivity contribution < 1.29 is 4.79 Å². The van der Waals surface area contributed by atoms with Gasteiger partial charge in [0.1, 0.15) is 0 Å². The van der Waals surface area contributed by atoms with Gasteiger partial charge in [0.05, 0.1) is 5.92 Å². The van der Waals surface area contributed by atoms with Crippen LogP contribution in [0.5, 0.6) is 0 Å². The number of hydrogen-bond donors (Lipinski definition) is 2. The predicted octanol–water partition coefficient (Wildman–Crippen LogP) is 0.0539. The first-order valence-corrected chi connectivity index (χ1v) is 5.83. The van der Waals surface area contributed by atoms with Crippen LogP contribution in [0.3, 0.4) is 0 Å². The molecule has 1 aliphatic rings. The molecule has 1 saturated heterocycles. The van der Waals surface area contributed by atoms with Gasteiger partial charge in [-0.25, -0.2) is 0 Å². The lowest BCUT2D eigenvalue weighted by atomic mass is 9.99. The minimum Gasteiger partial charge on any atom is -0.356 e. The Kier molecular flexibility index (Phi) is 5.65. The van der Waals surface area contributed by atoms with Crippen molar-refractivity contribution in [1.82, 2.24) is 15.5 Å². The van der Waals surface area contributed by atoms with Crippen LogP contribution < -0.4 is 10.6 Å². The molecule has 0 saturated carbocycles. The maximum atomic E-state index is 11.7. The van der Waals surface area contributed by atoms with Crippen molar-refractivity contribution in [3.63, 3.8) is 0 Å². The van der Waals surface area contributed by atoms with Crippen LogP contribution in [-0.4, -0.2) is 51.1 Å². The Labute approximate surface area is 92.4 Å². The number of piperidine rings is 1. The zero-order valence-corrected chi connectivity index (χ0v) is 9.88. The lowest BCUT2D eigenvalue weighted by molar-refractivity contribution is -0.125. The first-order chi connectivity index (χ1) is 7.20. The molecule has 1 aliphatic heterocycles. The van der Waals surface area contributed by atoms with E-state index in [0.717, 1.165) is 45.4 Å². The number of rotatable bonds is 5. The summed E-state index contributed by atoms with van der Waals surface area (Å²) in [6, 6.07) is 0. The minimum absolute atomic E-state index is 0.193. The molecule has 1 atom stereocenters. The third kappa shape index (κ3) is 5.14. The van der Waals surface area contributed by atoms with Crippen molar-refractivity contribution in [2.45, 2.75) is 19.3 Å². The van der Waals surface area contributed by atoms with E-state index in [1.807, 2.05) is 14.1 Å². The SMILES string of the molecule is CN(C)CCCNC(=O)[C@@H]1CCCNC1. The summed E-state index contributed by atoms with van der Waals surface area (Å²) in [6.07, 6.45) is 3.18. The lowest BCUT2D eigenvalue weighted by Gasteiger charge is -2.22. The van der Waals surface area contributed by atoms with Crippen LogP contribution in [-0.2, 0) is 4.79 Å². The van der Waals surface area contributed by atoms with Gasteiger partial charge in [-0.15, -0.1) is 0 Å². The third-order valence-corrected chi connectivity index (χ3v) is 2.75. The number of hydrogen-bond acceptors (Lipinski definition) is 3. The van der Waals surface area contributed by atoms with Crippen LogP contribution in [0.2, 0.25) is 0 Å². The molecular weight excluding hydrogens is 190 g/mol. The van der Waals surface area contributed by atoms with E-state index in [-0.39, 0.29) is 11.8 Å². The highest BCUT2D eigenvalue weighted by atomic mass is 16.1. The zero-order chi connectivity index (χ0) is 11.1. The van der Waals surface area contributed by atoms with Crippen LogP contribution in [0.15, 0.2) is 0 Å². The molecule has 0 aliphatic carbocycles. The van der Waals surface area contributed by atoms with Crippen LogP contribution in [0.1, 0.15) is 19.3 Å². The molecule has 0 bridgehead atoms. The predicted molar refractivity (Wildman–Crippen MR) is 61.8 cm³/mol. The highest BCUT2D eigenvalue weighted by Gasteiger charge is 2.19. The average molecular weight is 213 g/mol. The van der Waals surface area contributed by atoms with Crippen molar-refractivity contribution >= 4 is 5.91 Å². The van der Waals surface area contributed by atoms with Crippen LogP contribution in [0.25, 0.3) is 0 Å². The summed E-state index contributed by atoms with van der Waals surface area (Å²) < 4.78 is 0. The molecule has 1 amide bonds. The molecule has 0 aromatic carbocycles. The van der Waals surface area contributed by atoms with Gasteiger partial charge < -0.3 is 15.5 Å². The Morgan fingerprint density at radius 2 is 2.33 bits per heavy atom. The molecule has 4 heteroatoms. The fourth-order valence-corrected chi connectivity index (χ4v) is 1.83. The Hall–Kier alpha value is -0.610. The number of amides is 1. The number of carbonyl (C=O) groups is 1. The second-order valence-corrected chi connectivity index (χ2v) is 4.49. The normalized spacial score (nSPS) is 21.7. The molecule has 2 N–H and O–H groups in total. The molecule has 15 heavy (non-hydrogen) atoms. The summed E-state index contributed by atoms with van der Waals surface area (Å²) in [5.41, 5.74) is 0. The monoisotopic (exact) mass is 213 g/mol.